The predicted octanol–water partition coefficient (Wildman–Crippen LogP) is 3.31. The van der Waals surface area contributed by atoms with E-state index in [0.717, 1.165) is 16.6 Å². The van der Waals surface area contributed by atoms with Gasteiger partial charge in [-0.1, -0.05) is 42.5 Å². The first-order valence-corrected chi connectivity index (χ1v) is 8.36. The molecule has 1 atom stereocenters. The summed E-state index contributed by atoms with van der Waals surface area (Å²) in [6, 6.07) is 16.7. The summed E-state index contributed by atoms with van der Waals surface area (Å²) >= 11 is 0. The van der Waals surface area contributed by atoms with Gasteiger partial charge in [-0.25, -0.2) is 14.8 Å². The molecular formula is C20H18N4O2. The number of rotatable bonds is 5. The minimum absolute atomic E-state index is 0.378. The Hall–Kier alpha value is -3.41. The van der Waals surface area contributed by atoms with Crippen LogP contribution in [0.4, 0.5) is 0 Å². The summed E-state index contributed by atoms with van der Waals surface area (Å²) in [6.07, 6.45) is 3.70. The highest BCUT2D eigenvalue weighted by Gasteiger charge is 2.25. The number of imidazole rings is 2. The Morgan fingerprint density at radius 2 is 1.81 bits per heavy atom. The van der Waals surface area contributed by atoms with Crippen LogP contribution >= 0.6 is 0 Å². The molecular weight excluding hydrogens is 328 g/mol. The molecule has 0 saturated heterocycles. The van der Waals surface area contributed by atoms with E-state index in [1.807, 2.05) is 66.2 Å². The van der Waals surface area contributed by atoms with Crippen LogP contribution in [0, 0.1) is 0 Å². The van der Waals surface area contributed by atoms with Gasteiger partial charge in [0.1, 0.15) is 6.04 Å². The molecule has 130 valence electrons. The van der Waals surface area contributed by atoms with Crippen molar-refractivity contribution in [2.24, 2.45) is 7.05 Å². The van der Waals surface area contributed by atoms with Gasteiger partial charge in [-0.05, 0) is 17.7 Å². The largest absolute Gasteiger partial charge is 0.480 e. The highest BCUT2D eigenvalue weighted by molar-refractivity contribution is 5.80. The third kappa shape index (κ3) is 2.75. The number of fused-ring (bicyclic) bond motifs is 1. The molecule has 0 aliphatic carbocycles. The maximum absolute atomic E-state index is 12.0. The van der Waals surface area contributed by atoms with Crippen molar-refractivity contribution in [2.45, 2.75) is 12.5 Å². The number of carboxylic acid groups (broad SMARTS) is 1. The molecule has 6 heteroatoms. The number of benzene rings is 2. The van der Waals surface area contributed by atoms with Crippen molar-refractivity contribution in [2.75, 3.05) is 0 Å². The Morgan fingerprint density at radius 3 is 2.54 bits per heavy atom. The molecule has 4 aromatic rings. The van der Waals surface area contributed by atoms with Gasteiger partial charge in [0, 0.05) is 25.9 Å². The second-order valence-corrected chi connectivity index (χ2v) is 6.19. The highest BCUT2D eigenvalue weighted by atomic mass is 16.4. The molecule has 2 aromatic heterocycles. The van der Waals surface area contributed by atoms with Crippen LogP contribution in [-0.2, 0) is 18.3 Å². The molecule has 2 heterocycles. The van der Waals surface area contributed by atoms with E-state index < -0.39 is 12.0 Å². The number of aromatic nitrogens is 4. The number of carboxylic acids is 1. The second-order valence-electron chi connectivity index (χ2n) is 6.19. The van der Waals surface area contributed by atoms with E-state index in [1.54, 1.807) is 17.0 Å². The molecule has 0 spiro atoms. The number of carbonyl (C=O) groups is 1. The van der Waals surface area contributed by atoms with Gasteiger partial charge in [0.05, 0.1) is 11.0 Å². The zero-order valence-corrected chi connectivity index (χ0v) is 14.3. The van der Waals surface area contributed by atoms with Crippen molar-refractivity contribution >= 4 is 17.0 Å². The number of aliphatic carboxylic acids is 1. The monoisotopic (exact) mass is 346 g/mol. The van der Waals surface area contributed by atoms with Gasteiger partial charge in [0.25, 0.3) is 0 Å². The molecule has 0 aliphatic rings. The fourth-order valence-corrected chi connectivity index (χ4v) is 3.23. The van der Waals surface area contributed by atoms with Gasteiger partial charge in [-0.15, -0.1) is 0 Å². The molecule has 0 amide bonds. The van der Waals surface area contributed by atoms with Crippen molar-refractivity contribution in [1.82, 2.24) is 19.1 Å². The minimum atomic E-state index is -0.896. The predicted molar refractivity (Wildman–Crippen MR) is 98.8 cm³/mol. The van der Waals surface area contributed by atoms with E-state index in [1.165, 1.54) is 0 Å². The summed E-state index contributed by atoms with van der Waals surface area (Å²) in [4.78, 5) is 21.0. The number of hydrogen-bond acceptors (Lipinski definition) is 3. The first-order valence-electron chi connectivity index (χ1n) is 8.36. The van der Waals surface area contributed by atoms with Crippen LogP contribution in [0.25, 0.3) is 22.7 Å². The third-order valence-corrected chi connectivity index (χ3v) is 4.55. The van der Waals surface area contributed by atoms with Gasteiger partial charge < -0.3 is 14.2 Å². The van der Waals surface area contributed by atoms with E-state index in [2.05, 4.69) is 9.97 Å². The molecule has 26 heavy (non-hydrogen) atoms. The third-order valence-electron chi connectivity index (χ3n) is 4.55. The molecule has 2 aromatic carbocycles. The summed E-state index contributed by atoms with van der Waals surface area (Å²) < 4.78 is 3.63. The van der Waals surface area contributed by atoms with Gasteiger partial charge in [-0.3, -0.25) is 0 Å². The first-order chi connectivity index (χ1) is 12.6. The van der Waals surface area contributed by atoms with Crippen LogP contribution < -0.4 is 0 Å². The topological polar surface area (TPSA) is 72.9 Å². The minimum Gasteiger partial charge on any atom is -0.480 e. The van der Waals surface area contributed by atoms with Gasteiger partial charge in [0.15, 0.2) is 11.6 Å². The Labute approximate surface area is 150 Å². The molecule has 0 saturated carbocycles. The quantitative estimate of drug-likeness (QED) is 0.602. The van der Waals surface area contributed by atoms with Crippen LogP contribution in [0.15, 0.2) is 67.0 Å². The normalized spacial score (nSPS) is 12.3. The lowest BCUT2D eigenvalue weighted by molar-refractivity contribution is -0.140. The number of aryl methyl sites for hydroxylation is 1. The van der Waals surface area contributed by atoms with E-state index in [4.69, 9.17) is 0 Å². The molecule has 0 radical (unpaired) electrons. The lowest BCUT2D eigenvalue weighted by Crippen LogP contribution is -2.22. The van der Waals surface area contributed by atoms with Gasteiger partial charge in [-0.2, -0.15) is 0 Å². The smallest absolute Gasteiger partial charge is 0.327 e. The summed E-state index contributed by atoms with van der Waals surface area (Å²) in [5, 5.41) is 9.81. The maximum Gasteiger partial charge on any atom is 0.327 e. The molecule has 0 bridgehead atoms. The molecule has 1 N–H and O–H groups in total. The SMILES string of the molecule is Cn1c(-c2nccn2[C@@H](Cc2ccccc2)C(=O)O)nc2ccccc21. The first kappa shape index (κ1) is 16.1. The molecule has 0 unspecified atom stereocenters. The Kier molecular flexibility index (Phi) is 4.01. The van der Waals surface area contributed by atoms with Crippen molar-refractivity contribution in [3.63, 3.8) is 0 Å². The van der Waals surface area contributed by atoms with Crippen LogP contribution in [-0.4, -0.2) is 30.2 Å². The van der Waals surface area contributed by atoms with E-state index in [0.29, 0.717) is 18.1 Å². The van der Waals surface area contributed by atoms with E-state index >= 15 is 0 Å². The zero-order chi connectivity index (χ0) is 18.1. The summed E-state index contributed by atoms with van der Waals surface area (Å²) in [7, 11) is 1.91. The standard InChI is InChI=1S/C20H18N4O2/c1-23-16-10-6-5-9-15(16)22-19(23)18-21-11-12-24(18)17(20(25)26)13-14-7-3-2-4-8-14/h2-12,17H,13H2,1H3,(H,25,26)/t17-/m0/s1. The Morgan fingerprint density at radius 1 is 1.08 bits per heavy atom. The van der Waals surface area contributed by atoms with Crippen molar-refractivity contribution in [3.8, 4) is 11.6 Å². The van der Waals surface area contributed by atoms with Crippen molar-refractivity contribution in [3.05, 3.63) is 72.6 Å². The molecule has 0 fully saturated rings. The van der Waals surface area contributed by atoms with Gasteiger partial charge in [0.2, 0.25) is 0 Å². The molecule has 6 nitrogen and oxygen atoms in total. The van der Waals surface area contributed by atoms with Crippen LogP contribution in [0.5, 0.6) is 0 Å². The Balaban J connectivity index is 1.79. The van der Waals surface area contributed by atoms with Crippen LogP contribution in [0.1, 0.15) is 11.6 Å². The zero-order valence-electron chi connectivity index (χ0n) is 14.3. The average molecular weight is 346 g/mol. The van der Waals surface area contributed by atoms with Crippen molar-refractivity contribution < 1.29 is 9.90 Å². The fourth-order valence-electron chi connectivity index (χ4n) is 3.23. The fraction of sp³-hybridized carbons (Fsp3) is 0.150. The van der Waals surface area contributed by atoms with Crippen LogP contribution in [0.3, 0.4) is 0 Å². The number of para-hydroxylation sites is 2. The summed E-state index contributed by atoms with van der Waals surface area (Å²) in [5.41, 5.74) is 2.80. The maximum atomic E-state index is 12.0. The number of hydrogen-bond donors (Lipinski definition) is 1. The average Bonchev–Trinajstić information content (AvgIpc) is 3.25. The highest BCUT2D eigenvalue weighted by Crippen LogP contribution is 2.26. The van der Waals surface area contributed by atoms with E-state index in [-0.39, 0.29) is 0 Å². The molecule has 4 rings (SSSR count). The van der Waals surface area contributed by atoms with Gasteiger partial charge >= 0.3 is 5.97 Å². The summed E-state index contributed by atoms with van der Waals surface area (Å²) in [6.45, 7) is 0. The lowest BCUT2D eigenvalue weighted by Gasteiger charge is -2.17. The number of nitrogens with zero attached hydrogens (tertiary/aromatic N) is 4. The molecule has 0 aliphatic heterocycles. The van der Waals surface area contributed by atoms with Crippen molar-refractivity contribution in [1.29, 1.82) is 0 Å². The lowest BCUT2D eigenvalue weighted by atomic mass is 10.1. The second kappa shape index (κ2) is 6.48. The summed E-state index contributed by atoms with van der Waals surface area (Å²) in [5.74, 6) is 0.300. The van der Waals surface area contributed by atoms with Crippen LogP contribution in [0.2, 0.25) is 0 Å². The Bertz CT molecular complexity index is 1070. The van der Waals surface area contributed by atoms with E-state index in [9.17, 15) is 9.90 Å².